The minimum absolute atomic E-state index is 0.130. The summed E-state index contributed by atoms with van der Waals surface area (Å²) in [6, 6.07) is 51.8. The molecule has 0 amide bonds. The van der Waals surface area contributed by atoms with Gasteiger partial charge < -0.3 is 15.3 Å². The van der Waals surface area contributed by atoms with E-state index in [0.29, 0.717) is 0 Å². The fourth-order valence-electron chi connectivity index (χ4n) is 7.43. The van der Waals surface area contributed by atoms with Crippen molar-refractivity contribution < 1.29 is 0 Å². The Morgan fingerprint density at radius 3 is 1.67 bits per heavy atom. The lowest BCUT2D eigenvalue weighted by Crippen LogP contribution is -2.29. The Bertz CT molecular complexity index is 2390. The van der Waals surface area contributed by atoms with Crippen LogP contribution in [0.4, 0.5) is 0 Å². The molecule has 6 aromatic rings. The highest BCUT2D eigenvalue weighted by Gasteiger charge is 2.28. The molecule has 3 aliphatic heterocycles. The second-order valence-electron chi connectivity index (χ2n) is 12.5. The van der Waals surface area contributed by atoms with Crippen LogP contribution >= 0.6 is 0 Å². The molecule has 1 unspecified atom stereocenters. The van der Waals surface area contributed by atoms with E-state index in [2.05, 4.69) is 173 Å². The molecule has 0 spiro atoms. The van der Waals surface area contributed by atoms with Crippen LogP contribution in [0, 0.1) is 0 Å². The van der Waals surface area contributed by atoms with Crippen LogP contribution in [0.15, 0.2) is 174 Å². The Morgan fingerprint density at radius 2 is 1.02 bits per heavy atom. The summed E-state index contributed by atoms with van der Waals surface area (Å²) < 4.78 is 0. The predicted molar refractivity (Wildman–Crippen MR) is 196 cm³/mol. The van der Waals surface area contributed by atoms with Gasteiger partial charge in [-0.15, -0.1) is 0 Å². The fourth-order valence-corrected chi connectivity index (χ4v) is 7.43. The smallest absolute Gasteiger partial charge is 0.0737 e. The van der Waals surface area contributed by atoms with E-state index in [1.807, 2.05) is 0 Å². The number of nitrogens with zero attached hydrogens (tertiary/aromatic N) is 1. The molecule has 3 aliphatic rings. The van der Waals surface area contributed by atoms with Gasteiger partial charge in [-0.3, -0.25) is 0 Å². The van der Waals surface area contributed by atoms with E-state index in [1.54, 1.807) is 0 Å². The normalized spacial score (nSPS) is 22.4. The van der Waals surface area contributed by atoms with Crippen molar-refractivity contribution in [2.24, 2.45) is 4.99 Å². The average Bonchev–Trinajstić information content (AvgIpc) is 3.98. The predicted octanol–water partition coefficient (Wildman–Crippen LogP) is 7.74. The minimum Gasteiger partial charge on any atom is -0.381 e. The third-order valence-electron chi connectivity index (χ3n) is 9.58. The van der Waals surface area contributed by atoms with E-state index in [-0.39, 0.29) is 6.04 Å². The highest BCUT2D eigenvalue weighted by atomic mass is 15.0. The Morgan fingerprint density at radius 1 is 0.479 bits per heavy atom. The maximum Gasteiger partial charge on any atom is 0.0737 e. The third kappa shape index (κ3) is 4.99. The molecule has 0 radical (unpaired) electrons. The number of benzene rings is 4. The molecule has 1 saturated heterocycles. The van der Waals surface area contributed by atoms with E-state index in [1.165, 1.54) is 28.0 Å². The molecule has 4 heteroatoms. The van der Waals surface area contributed by atoms with Crippen LogP contribution in [0.5, 0.6) is 0 Å². The summed E-state index contributed by atoms with van der Waals surface area (Å²) in [4.78, 5) is 13.1. The highest BCUT2D eigenvalue weighted by molar-refractivity contribution is 6.30. The highest BCUT2D eigenvalue weighted by Crippen LogP contribution is 2.37. The molecule has 230 valence electrons. The fraction of sp³-hybridized carbons (Fsp3) is 0.0682. The van der Waals surface area contributed by atoms with Gasteiger partial charge >= 0.3 is 0 Å². The summed E-state index contributed by atoms with van der Waals surface area (Å²) in [6.07, 6.45) is 6.25. The van der Waals surface area contributed by atoms with Gasteiger partial charge in [0.2, 0.25) is 0 Å². The Kier molecular flexibility index (Phi) is 6.98. The minimum atomic E-state index is 0.130. The molecule has 1 fully saturated rings. The SMILES string of the molecule is C1=C/C2=C(\c3ccccc3)c3ccc([nH]3)/C(c3ccccc3)=C3/CCC(N3)/C(c3ccccc3)=c3/cc/c([nH]3)=C(\c3ccccc3)C1=N2. The Hall–Kier alpha value is -6.13. The van der Waals surface area contributed by atoms with Gasteiger partial charge in [0.1, 0.15) is 0 Å². The monoisotopic (exact) mass is 618 g/mol. The van der Waals surface area contributed by atoms with Gasteiger partial charge in [-0.2, -0.15) is 0 Å². The maximum atomic E-state index is 5.37. The van der Waals surface area contributed by atoms with Crippen molar-refractivity contribution >= 4 is 28.0 Å². The van der Waals surface area contributed by atoms with Gasteiger partial charge in [0.25, 0.3) is 0 Å². The lowest BCUT2D eigenvalue weighted by Gasteiger charge is -2.18. The second-order valence-corrected chi connectivity index (χ2v) is 12.5. The Balaban J connectivity index is 1.38. The van der Waals surface area contributed by atoms with E-state index in [4.69, 9.17) is 4.99 Å². The van der Waals surface area contributed by atoms with E-state index in [0.717, 1.165) is 68.6 Å². The second kappa shape index (κ2) is 11.9. The molecule has 48 heavy (non-hydrogen) atoms. The molecule has 1 atom stereocenters. The lowest BCUT2D eigenvalue weighted by molar-refractivity contribution is 0.760. The number of nitrogens with one attached hydrogen (secondary N) is 3. The zero-order valence-electron chi connectivity index (χ0n) is 26.4. The van der Waals surface area contributed by atoms with Crippen molar-refractivity contribution in [3.63, 3.8) is 0 Å². The largest absolute Gasteiger partial charge is 0.381 e. The number of H-pyrrole nitrogens is 2. The molecular formula is C44H34N4. The van der Waals surface area contributed by atoms with Crippen molar-refractivity contribution in [2.75, 3.05) is 0 Å². The van der Waals surface area contributed by atoms with Crippen molar-refractivity contribution in [3.8, 4) is 0 Å². The van der Waals surface area contributed by atoms with Crippen molar-refractivity contribution in [1.29, 1.82) is 0 Å². The zero-order valence-corrected chi connectivity index (χ0v) is 26.4. The first-order valence-corrected chi connectivity index (χ1v) is 16.7. The summed E-state index contributed by atoms with van der Waals surface area (Å²) in [7, 11) is 0. The van der Waals surface area contributed by atoms with Crippen LogP contribution in [0.25, 0.3) is 22.3 Å². The van der Waals surface area contributed by atoms with Gasteiger partial charge in [0.15, 0.2) is 0 Å². The van der Waals surface area contributed by atoms with Crippen LogP contribution < -0.4 is 16.0 Å². The topological polar surface area (TPSA) is 56.0 Å². The van der Waals surface area contributed by atoms with Gasteiger partial charge in [-0.25, -0.2) is 4.99 Å². The summed E-state index contributed by atoms with van der Waals surface area (Å²) in [5.41, 5.74) is 14.5. The van der Waals surface area contributed by atoms with Crippen molar-refractivity contribution in [3.05, 3.63) is 213 Å². The molecule has 4 nitrogen and oxygen atoms in total. The first kappa shape index (κ1) is 28.1. The number of aromatic amines is 2. The first-order valence-electron chi connectivity index (χ1n) is 16.7. The lowest BCUT2D eigenvalue weighted by atomic mass is 9.97. The van der Waals surface area contributed by atoms with Crippen LogP contribution in [0.2, 0.25) is 0 Å². The van der Waals surface area contributed by atoms with Gasteiger partial charge in [-0.1, -0.05) is 121 Å². The quantitative estimate of drug-likeness (QED) is 0.186. The number of fused-ring (bicyclic) bond motifs is 7. The summed E-state index contributed by atoms with van der Waals surface area (Å²) >= 11 is 0. The van der Waals surface area contributed by atoms with Gasteiger partial charge in [0.05, 0.1) is 17.5 Å². The Labute approximate surface area is 279 Å². The van der Waals surface area contributed by atoms with Crippen molar-refractivity contribution in [2.45, 2.75) is 18.9 Å². The number of rotatable bonds is 4. The number of hydrogen-bond acceptors (Lipinski definition) is 2. The van der Waals surface area contributed by atoms with E-state index in [9.17, 15) is 0 Å². The number of allylic oxidation sites excluding steroid dienone is 3. The molecule has 5 heterocycles. The summed E-state index contributed by atoms with van der Waals surface area (Å²) in [5, 5.41) is 6.19. The number of aliphatic imine (C=N–C) groups is 1. The molecule has 9 rings (SSSR count). The zero-order chi connectivity index (χ0) is 31.9. The van der Waals surface area contributed by atoms with Crippen LogP contribution in [-0.4, -0.2) is 21.7 Å². The molecule has 2 aromatic heterocycles. The molecule has 0 saturated carbocycles. The summed E-state index contributed by atoms with van der Waals surface area (Å²) in [6.45, 7) is 0. The molecular weight excluding hydrogens is 585 g/mol. The molecule has 4 aromatic carbocycles. The van der Waals surface area contributed by atoms with E-state index < -0.39 is 0 Å². The summed E-state index contributed by atoms with van der Waals surface area (Å²) in [5.74, 6) is 0. The average molecular weight is 619 g/mol. The third-order valence-corrected chi connectivity index (χ3v) is 9.58. The molecule has 0 aliphatic carbocycles. The van der Waals surface area contributed by atoms with Gasteiger partial charge in [-0.05, 0) is 71.5 Å². The van der Waals surface area contributed by atoms with Crippen LogP contribution in [0.1, 0.15) is 46.5 Å². The molecule has 8 bridgehead atoms. The standard InChI is InChI=1S/C44H34N4/c1-5-13-29(14-6-1)41-33-21-23-35(45-33)42(30-15-7-2-8-16-30)37-25-27-39(47-37)44(32-19-11-4-12-20-32)40-28-26-38(48-40)43(31-17-9-3-10-18-31)36-24-22-34(41)46-36/h1-25,27,38,46-48H,26,28H2/b41-34-,42-35-,43-36-,44-40-. The van der Waals surface area contributed by atoms with Crippen molar-refractivity contribution in [1.82, 2.24) is 15.3 Å². The van der Waals surface area contributed by atoms with E-state index >= 15 is 0 Å². The van der Waals surface area contributed by atoms with Crippen LogP contribution in [0.3, 0.4) is 0 Å². The van der Waals surface area contributed by atoms with Crippen LogP contribution in [-0.2, 0) is 0 Å². The number of aromatic nitrogens is 2. The van der Waals surface area contributed by atoms with Gasteiger partial charge in [0, 0.05) is 50.1 Å². The first-order chi connectivity index (χ1) is 23.8. The maximum absolute atomic E-state index is 5.37. The number of hydrogen-bond donors (Lipinski definition) is 3. The molecule has 3 N–H and O–H groups in total.